The third-order valence-corrected chi connectivity index (χ3v) is 4.19. The second-order valence-corrected chi connectivity index (χ2v) is 6.31. The predicted molar refractivity (Wildman–Crippen MR) is 86.4 cm³/mol. The van der Waals surface area contributed by atoms with Gasteiger partial charge in [-0.05, 0) is 50.8 Å². The Morgan fingerprint density at radius 3 is 2.55 bits per heavy atom. The van der Waals surface area contributed by atoms with E-state index in [1.54, 1.807) is 17.9 Å². The van der Waals surface area contributed by atoms with E-state index in [2.05, 4.69) is 5.32 Å². The molecule has 1 aliphatic carbocycles. The van der Waals surface area contributed by atoms with Crippen LogP contribution in [0.5, 0.6) is 0 Å². The quantitative estimate of drug-likeness (QED) is 0.844. The van der Waals surface area contributed by atoms with Gasteiger partial charge in [0.05, 0.1) is 17.3 Å². The van der Waals surface area contributed by atoms with Gasteiger partial charge in [-0.2, -0.15) is 0 Å². The summed E-state index contributed by atoms with van der Waals surface area (Å²) in [6, 6.07) is 3.25. The summed E-state index contributed by atoms with van der Waals surface area (Å²) in [5.74, 6) is -1.15. The van der Waals surface area contributed by atoms with E-state index in [0.29, 0.717) is 10.7 Å². The fraction of sp³-hybridized carbons (Fsp3) is 0.500. The number of amides is 1. The number of hydrogen-bond acceptors (Lipinski definition) is 3. The van der Waals surface area contributed by atoms with Crippen molar-refractivity contribution in [2.75, 3.05) is 11.9 Å². The highest BCUT2D eigenvalue weighted by Gasteiger charge is 2.36. The SMILES string of the molecule is Cc1cc(C)c(NC(=O)CN(C2CC2)C(C)C(=O)O)c(Cl)c1. The van der Waals surface area contributed by atoms with E-state index in [9.17, 15) is 9.59 Å². The number of rotatable bonds is 6. The number of hydrogen-bond donors (Lipinski definition) is 2. The summed E-state index contributed by atoms with van der Waals surface area (Å²) >= 11 is 6.18. The minimum atomic E-state index is -0.913. The van der Waals surface area contributed by atoms with E-state index in [1.807, 2.05) is 19.9 Å². The van der Waals surface area contributed by atoms with Crippen LogP contribution in [0.3, 0.4) is 0 Å². The molecule has 120 valence electrons. The zero-order valence-electron chi connectivity index (χ0n) is 13.0. The average Bonchev–Trinajstić information content (AvgIpc) is 3.23. The van der Waals surface area contributed by atoms with E-state index in [0.717, 1.165) is 24.0 Å². The van der Waals surface area contributed by atoms with Gasteiger partial charge in [0.25, 0.3) is 0 Å². The lowest BCUT2D eigenvalue weighted by Gasteiger charge is -2.25. The van der Waals surface area contributed by atoms with Gasteiger partial charge in [-0.25, -0.2) is 0 Å². The van der Waals surface area contributed by atoms with Crippen LogP contribution in [-0.2, 0) is 9.59 Å². The molecule has 1 atom stereocenters. The Morgan fingerprint density at radius 1 is 1.41 bits per heavy atom. The number of aryl methyl sites for hydroxylation is 2. The van der Waals surface area contributed by atoms with Crippen LogP contribution in [0.15, 0.2) is 12.1 Å². The summed E-state index contributed by atoms with van der Waals surface area (Å²) in [7, 11) is 0. The Hall–Kier alpha value is -1.59. The number of benzene rings is 1. The standard InChI is InChI=1S/C16H21ClN2O3/c1-9-6-10(2)15(13(17)7-9)18-14(20)8-19(12-4-5-12)11(3)16(21)22/h6-7,11-12H,4-5,8H2,1-3H3,(H,18,20)(H,21,22). The number of halogens is 1. The Kier molecular flexibility index (Phi) is 5.08. The Bertz CT molecular complexity index is 576. The van der Waals surface area contributed by atoms with Gasteiger partial charge in [-0.15, -0.1) is 0 Å². The fourth-order valence-corrected chi connectivity index (χ4v) is 2.92. The Morgan fingerprint density at radius 2 is 2.05 bits per heavy atom. The minimum absolute atomic E-state index is 0.0573. The molecule has 1 fully saturated rings. The molecule has 1 saturated carbocycles. The number of carboxylic acids is 1. The zero-order chi connectivity index (χ0) is 16.4. The zero-order valence-corrected chi connectivity index (χ0v) is 13.8. The van der Waals surface area contributed by atoms with Crippen molar-refractivity contribution < 1.29 is 14.7 Å². The molecule has 0 saturated heterocycles. The molecule has 0 heterocycles. The summed E-state index contributed by atoms with van der Waals surface area (Å²) in [5, 5.41) is 12.5. The maximum atomic E-state index is 12.3. The van der Waals surface area contributed by atoms with Gasteiger partial charge in [0, 0.05) is 6.04 Å². The number of aliphatic carboxylic acids is 1. The third kappa shape index (κ3) is 3.99. The first-order chi connectivity index (χ1) is 10.3. The molecule has 0 spiro atoms. The van der Waals surface area contributed by atoms with Gasteiger partial charge in [0.1, 0.15) is 6.04 Å². The summed E-state index contributed by atoms with van der Waals surface area (Å²) in [5.41, 5.74) is 2.51. The Labute approximate surface area is 135 Å². The van der Waals surface area contributed by atoms with Crippen LogP contribution in [0.4, 0.5) is 5.69 Å². The van der Waals surface area contributed by atoms with Crippen molar-refractivity contribution >= 4 is 29.2 Å². The largest absolute Gasteiger partial charge is 0.480 e. The summed E-state index contributed by atoms with van der Waals surface area (Å²) in [6.45, 7) is 5.49. The van der Waals surface area contributed by atoms with E-state index >= 15 is 0 Å². The Balaban J connectivity index is 2.07. The molecule has 1 aromatic rings. The number of carbonyl (C=O) groups is 2. The molecular weight excluding hydrogens is 304 g/mol. The normalized spacial score (nSPS) is 15.7. The number of nitrogens with zero attached hydrogens (tertiary/aromatic N) is 1. The molecule has 22 heavy (non-hydrogen) atoms. The summed E-state index contributed by atoms with van der Waals surface area (Å²) in [6.07, 6.45) is 1.88. The third-order valence-electron chi connectivity index (χ3n) is 3.89. The molecule has 1 amide bonds. The van der Waals surface area contributed by atoms with Crippen LogP contribution in [0.1, 0.15) is 30.9 Å². The van der Waals surface area contributed by atoms with Crippen LogP contribution in [0.2, 0.25) is 5.02 Å². The highest BCUT2D eigenvalue weighted by Crippen LogP contribution is 2.30. The van der Waals surface area contributed by atoms with Crippen molar-refractivity contribution in [3.05, 3.63) is 28.3 Å². The van der Waals surface area contributed by atoms with Crippen molar-refractivity contribution in [1.82, 2.24) is 4.90 Å². The van der Waals surface area contributed by atoms with Crippen molar-refractivity contribution in [2.45, 2.75) is 45.7 Å². The molecule has 0 radical (unpaired) electrons. The van der Waals surface area contributed by atoms with Crippen molar-refractivity contribution in [1.29, 1.82) is 0 Å². The van der Waals surface area contributed by atoms with Gasteiger partial charge in [-0.3, -0.25) is 14.5 Å². The molecule has 6 heteroatoms. The maximum absolute atomic E-state index is 12.3. The lowest BCUT2D eigenvalue weighted by atomic mass is 10.1. The molecule has 2 rings (SSSR count). The lowest BCUT2D eigenvalue weighted by molar-refractivity contribution is -0.143. The van der Waals surface area contributed by atoms with Crippen molar-refractivity contribution in [3.63, 3.8) is 0 Å². The molecule has 1 unspecified atom stereocenters. The second-order valence-electron chi connectivity index (χ2n) is 5.90. The van der Waals surface area contributed by atoms with Gasteiger partial charge in [-0.1, -0.05) is 17.7 Å². The number of carbonyl (C=O) groups excluding carboxylic acids is 1. The second kappa shape index (κ2) is 6.67. The number of carboxylic acid groups (broad SMARTS) is 1. The monoisotopic (exact) mass is 324 g/mol. The molecule has 0 aromatic heterocycles. The van der Waals surface area contributed by atoms with Crippen LogP contribution < -0.4 is 5.32 Å². The summed E-state index contributed by atoms with van der Waals surface area (Å²) in [4.78, 5) is 25.2. The molecule has 0 aliphatic heterocycles. The number of anilines is 1. The minimum Gasteiger partial charge on any atom is -0.480 e. The highest BCUT2D eigenvalue weighted by molar-refractivity contribution is 6.34. The molecule has 0 bridgehead atoms. The van der Waals surface area contributed by atoms with Crippen molar-refractivity contribution in [3.8, 4) is 0 Å². The van der Waals surface area contributed by atoms with Gasteiger partial charge >= 0.3 is 5.97 Å². The van der Waals surface area contributed by atoms with Gasteiger partial charge in [0.2, 0.25) is 5.91 Å². The van der Waals surface area contributed by atoms with E-state index < -0.39 is 12.0 Å². The van der Waals surface area contributed by atoms with Crippen LogP contribution in [0.25, 0.3) is 0 Å². The average molecular weight is 325 g/mol. The van der Waals surface area contributed by atoms with E-state index in [1.165, 1.54) is 0 Å². The summed E-state index contributed by atoms with van der Waals surface area (Å²) < 4.78 is 0. The van der Waals surface area contributed by atoms with Crippen LogP contribution >= 0.6 is 11.6 Å². The maximum Gasteiger partial charge on any atom is 0.320 e. The number of nitrogens with one attached hydrogen (secondary N) is 1. The molecule has 1 aliphatic rings. The predicted octanol–water partition coefficient (Wildman–Crippen LogP) is 2.83. The topological polar surface area (TPSA) is 69.6 Å². The molecule has 5 nitrogen and oxygen atoms in total. The highest BCUT2D eigenvalue weighted by atomic mass is 35.5. The first kappa shape index (κ1) is 16.8. The van der Waals surface area contributed by atoms with Crippen LogP contribution in [-0.4, -0.2) is 40.5 Å². The lowest BCUT2D eigenvalue weighted by Crippen LogP contribution is -2.44. The van der Waals surface area contributed by atoms with E-state index in [4.69, 9.17) is 16.7 Å². The molecule has 1 aromatic carbocycles. The molecular formula is C16H21ClN2O3. The van der Waals surface area contributed by atoms with Gasteiger partial charge < -0.3 is 10.4 Å². The molecule has 2 N–H and O–H groups in total. The van der Waals surface area contributed by atoms with Crippen LogP contribution in [0, 0.1) is 13.8 Å². The smallest absolute Gasteiger partial charge is 0.320 e. The first-order valence-electron chi connectivity index (χ1n) is 7.34. The first-order valence-corrected chi connectivity index (χ1v) is 7.72. The fourth-order valence-electron chi connectivity index (χ4n) is 2.55. The van der Waals surface area contributed by atoms with E-state index in [-0.39, 0.29) is 18.5 Å². The van der Waals surface area contributed by atoms with Crippen molar-refractivity contribution in [2.24, 2.45) is 0 Å². The van der Waals surface area contributed by atoms with Gasteiger partial charge in [0.15, 0.2) is 0 Å².